The van der Waals surface area contributed by atoms with E-state index in [-0.39, 0.29) is 43.9 Å². The number of nitrogens with zero attached hydrogens (tertiary/aromatic N) is 2. The van der Waals surface area contributed by atoms with Gasteiger partial charge in [-0.3, -0.25) is 9.80 Å². The van der Waals surface area contributed by atoms with Crippen LogP contribution in [0.5, 0.6) is 0 Å². The van der Waals surface area contributed by atoms with Crippen LogP contribution in [-0.4, -0.2) is 68.3 Å². The van der Waals surface area contributed by atoms with E-state index >= 15 is 0 Å². The first kappa shape index (κ1) is 21.0. The lowest BCUT2D eigenvalue weighted by Gasteiger charge is -2.40. The molecule has 2 aliphatic rings. The van der Waals surface area contributed by atoms with Gasteiger partial charge in [0.15, 0.2) is 0 Å². The van der Waals surface area contributed by atoms with Crippen LogP contribution in [0.4, 0.5) is 4.39 Å². The smallest absolute Gasteiger partial charge is 0.102 e. The molecule has 0 atom stereocenters. The number of hydrogen-bond donors (Lipinski definition) is 1. The van der Waals surface area contributed by atoms with Crippen molar-refractivity contribution in [2.45, 2.75) is 18.9 Å². The molecule has 3 nitrogen and oxygen atoms in total. The van der Waals surface area contributed by atoms with Crippen LogP contribution in [-0.2, 0) is 0 Å². The van der Waals surface area contributed by atoms with E-state index in [0.29, 0.717) is 6.54 Å². The molecule has 2 saturated heterocycles. The summed E-state index contributed by atoms with van der Waals surface area (Å²) in [4.78, 5) is 4.83. The molecule has 0 aliphatic carbocycles. The lowest BCUT2D eigenvalue weighted by Crippen LogP contribution is -2.52. The summed E-state index contributed by atoms with van der Waals surface area (Å²) >= 11 is 0. The van der Waals surface area contributed by atoms with Gasteiger partial charge in [-0.25, -0.2) is 4.39 Å². The molecule has 0 aromatic rings. The van der Waals surface area contributed by atoms with Crippen LogP contribution >= 0.6 is 37.2 Å². The number of rotatable bonds is 3. The highest BCUT2D eigenvalue weighted by Crippen LogP contribution is 2.14. The minimum absolute atomic E-state index is 0. The number of nitrogens with one attached hydrogen (secondary N) is 1. The first-order chi connectivity index (χ1) is 7.40. The van der Waals surface area contributed by atoms with E-state index in [0.717, 1.165) is 45.3 Å². The molecule has 1 N–H and O–H groups in total. The second-order valence-electron chi connectivity index (χ2n) is 4.55. The minimum atomic E-state index is -0.201. The normalized spacial score (nSPS) is 22.5. The molecular weight excluding hydrogens is 299 g/mol. The van der Waals surface area contributed by atoms with E-state index in [4.69, 9.17) is 0 Å². The van der Waals surface area contributed by atoms with Crippen molar-refractivity contribution in [3.63, 3.8) is 0 Å². The van der Waals surface area contributed by atoms with Crippen LogP contribution in [0.15, 0.2) is 0 Å². The van der Waals surface area contributed by atoms with Gasteiger partial charge in [-0.05, 0) is 25.9 Å². The molecular formula is C11H25Cl3FN3. The first-order valence-corrected chi connectivity index (χ1v) is 6.13. The summed E-state index contributed by atoms with van der Waals surface area (Å²) in [7, 11) is 0. The molecule has 0 radical (unpaired) electrons. The third kappa shape index (κ3) is 6.22. The van der Waals surface area contributed by atoms with Gasteiger partial charge in [0.05, 0.1) is 0 Å². The summed E-state index contributed by atoms with van der Waals surface area (Å²) in [5.74, 6) is 0. The van der Waals surface area contributed by atoms with Crippen molar-refractivity contribution in [3.8, 4) is 0 Å². The predicted molar refractivity (Wildman–Crippen MR) is 81.6 cm³/mol. The highest BCUT2D eigenvalue weighted by Gasteiger charge is 2.24. The summed E-state index contributed by atoms with van der Waals surface area (Å²) < 4.78 is 12.2. The Bertz CT molecular complexity index is 186. The summed E-state index contributed by atoms with van der Waals surface area (Å²) in [5.41, 5.74) is 0. The molecule has 0 saturated carbocycles. The van der Waals surface area contributed by atoms with Gasteiger partial charge in [0.1, 0.15) is 6.67 Å². The van der Waals surface area contributed by atoms with Crippen LogP contribution in [0.2, 0.25) is 0 Å². The Hall–Kier alpha value is 0.680. The number of piperazine rings is 1. The molecule has 2 heterocycles. The number of hydrogen-bond acceptors (Lipinski definition) is 3. The maximum Gasteiger partial charge on any atom is 0.102 e. The van der Waals surface area contributed by atoms with Crippen molar-refractivity contribution in [2.24, 2.45) is 0 Å². The second-order valence-corrected chi connectivity index (χ2v) is 4.55. The van der Waals surface area contributed by atoms with Crippen LogP contribution in [0.25, 0.3) is 0 Å². The fourth-order valence-corrected chi connectivity index (χ4v) is 2.64. The van der Waals surface area contributed by atoms with E-state index in [2.05, 4.69) is 15.1 Å². The molecule has 2 aliphatic heterocycles. The Morgan fingerprint density at radius 3 is 2.00 bits per heavy atom. The van der Waals surface area contributed by atoms with Gasteiger partial charge in [-0.15, -0.1) is 37.2 Å². The fraction of sp³-hybridized carbons (Fsp3) is 1.00. The second kappa shape index (κ2) is 11.5. The van der Waals surface area contributed by atoms with Crippen LogP contribution in [0, 0.1) is 0 Å². The Morgan fingerprint density at radius 1 is 0.944 bits per heavy atom. The lowest BCUT2D eigenvalue weighted by molar-refractivity contribution is 0.0789. The molecule has 0 spiro atoms. The lowest BCUT2D eigenvalue weighted by atomic mass is 10.0. The van der Waals surface area contributed by atoms with Crippen molar-refractivity contribution >= 4 is 37.2 Å². The summed E-state index contributed by atoms with van der Waals surface area (Å²) in [6.07, 6.45) is 2.56. The Labute approximate surface area is 128 Å². The number of halogens is 4. The maximum atomic E-state index is 12.2. The average Bonchev–Trinajstić information content (AvgIpc) is 2.32. The summed E-state index contributed by atoms with van der Waals surface area (Å²) in [6, 6.07) is 0.777. The van der Waals surface area contributed by atoms with Crippen LogP contribution in [0.1, 0.15) is 12.8 Å². The largest absolute Gasteiger partial charge is 0.317 e. The van der Waals surface area contributed by atoms with Gasteiger partial charge in [0.2, 0.25) is 0 Å². The van der Waals surface area contributed by atoms with E-state index in [1.807, 2.05) is 0 Å². The number of piperidine rings is 1. The molecule has 0 bridgehead atoms. The predicted octanol–water partition coefficient (Wildman–Crippen LogP) is 1.59. The third-order valence-corrected chi connectivity index (χ3v) is 3.63. The standard InChI is InChI=1S/C11H22FN3.3ClH/c12-3-6-14-7-9-15(10-8-14)11-1-4-13-5-2-11;;;/h11,13H,1-10H2;3*1H. The van der Waals surface area contributed by atoms with Gasteiger partial charge in [0, 0.05) is 38.8 Å². The molecule has 112 valence electrons. The molecule has 0 unspecified atom stereocenters. The van der Waals surface area contributed by atoms with Crippen molar-refractivity contribution in [1.29, 1.82) is 0 Å². The molecule has 18 heavy (non-hydrogen) atoms. The highest BCUT2D eigenvalue weighted by molar-refractivity contribution is 5.86. The SMILES string of the molecule is Cl.Cl.Cl.FCCN1CCN(C2CCNCC2)CC1. The fourth-order valence-electron chi connectivity index (χ4n) is 2.64. The Morgan fingerprint density at radius 2 is 1.50 bits per heavy atom. The third-order valence-electron chi connectivity index (χ3n) is 3.63. The Kier molecular flexibility index (Phi) is 13.4. The van der Waals surface area contributed by atoms with Gasteiger partial charge in [0.25, 0.3) is 0 Å². The molecule has 2 rings (SSSR count). The van der Waals surface area contributed by atoms with Gasteiger partial charge in [-0.2, -0.15) is 0 Å². The van der Waals surface area contributed by atoms with Crippen LogP contribution < -0.4 is 5.32 Å². The molecule has 7 heteroatoms. The molecule has 2 fully saturated rings. The van der Waals surface area contributed by atoms with E-state index in [1.165, 1.54) is 12.8 Å². The minimum Gasteiger partial charge on any atom is -0.317 e. The zero-order valence-corrected chi connectivity index (χ0v) is 13.1. The molecule has 0 amide bonds. The summed E-state index contributed by atoms with van der Waals surface area (Å²) in [5, 5.41) is 3.40. The zero-order chi connectivity index (χ0) is 10.5. The van der Waals surface area contributed by atoms with Crippen molar-refractivity contribution in [2.75, 3.05) is 52.5 Å². The van der Waals surface area contributed by atoms with Gasteiger partial charge >= 0.3 is 0 Å². The van der Waals surface area contributed by atoms with Crippen molar-refractivity contribution in [1.82, 2.24) is 15.1 Å². The van der Waals surface area contributed by atoms with Crippen LogP contribution in [0.3, 0.4) is 0 Å². The van der Waals surface area contributed by atoms with Crippen molar-refractivity contribution in [3.05, 3.63) is 0 Å². The average molecular weight is 325 g/mol. The monoisotopic (exact) mass is 323 g/mol. The first-order valence-electron chi connectivity index (χ1n) is 6.13. The zero-order valence-electron chi connectivity index (χ0n) is 10.6. The van der Waals surface area contributed by atoms with Crippen molar-refractivity contribution < 1.29 is 4.39 Å². The summed E-state index contributed by atoms with van der Waals surface area (Å²) in [6.45, 7) is 7.11. The van der Waals surface area contributed by atoms with Gasteiger partial charge < -0.3 is 5.32 Å². The molecule has 0 aromatic heterocycles. The highest BCUT2D eigenvalue weighted by atomic mass is 35.5. The number of alkyl halides is 1. The van der Waals surface area contributed by atoms with E-state index in [9.17, 15) is 4.39 Å². The Balaban J connectivity index is 0. The topological polar surface area (TPSA) is 18.5 Å². The quantitative estimate of drug-likeness (QED) is 0.850. The maximum absolute atomic E-state index is 12.2. The van der Waals surface area contributed by atoms with Gasteiger partial charge in [-0.1, -0.05) is 0 Å². The molecule has 0 aromatic carbocycles. The van der Waals surface area contributed by atoms with E-state index < -0.39 is 0 Å². The van der Waals surface area contributed by atoms with E-state index in [1.54, 1.807) is 0 Å².